The minimum atomic E-state index is -0.152. The zero-order chi connectivity index (χ0) is 15.8. The number of aryl methyl sites for hydroxylation is 1. The van der Waals surface area contributed by atoms with Gasteiger partial charge in [-0.3, -0.25) is 0 Å². The molecule has 0 bridgehead atoms. The van der Waals surface area contributed by atoms with Crippen LogP contribution in [-0.4, -0.2) is 20.4 Å². The Morgan fingerprint density at radius 1 is 1.05 bits per heavy atom. The predicted octanol–water partition coefficient (Wildman–Crippen LogP) is 4.16. The lowest BCUT2D eigenvalue weighted by Gasteiger charge is -1.97. The first-order valence-corrected chi connectivity index (χ1v) is 7.71. The highest BCUT2D eigenvalue weighted by molar-refractivity contribution is 5.67. The van der Waals surface area contributed by atoms with Crippen LogP contribution < -0.4 is 0 Å². The average Bonchev–Trinajstić information content (AvgIpc) is 2.96. The number of hydrogen-bond donors (Lipinski definition) is 2. The van der Waals surface area contributed by atoms with Gasteiger partial charge in [-0.1, -0.05) is 43.8 Å². The van der Waals surface area contributed by atoms with Crippen molar-refractivity contribution in [2.24, 2.45) is 0 Å². The third kappa shape index (κ3) is 4.91. The Hall–Kier alpha value is -2.30. The summed E-state index contributed by atoms with van der Waals surface area (Å²) < 4.78 is 5.16. The minimum Gasteiger partial charge on any atom is -0.504 e. The van der Waals surface area contributed by atoms with E-state index in [-0.39, 0.29) is 11.5 Å². The van der Waals surface area contributed by atoms with Crippen molar-refractivity contribution >= 4 is 12.2 Å². The molecule has 0 saturated heterocycles. The third-order valence-electron chi connectivity index (χ3n) is 3.41. The molecular weight excluding hydrogens is 280 g/mol. The van der Waals surface area contributed by atoms with Crippen molar-refractivity contribution in [1.29, 1.82) is 0 Å². The van der Waals surface area contributed by atoms with Crippen LogP contribution in [0.15, 0.2) is 22.7 Å². The second kappa shape index (κ2) is 8.22. The summed E-state index contributed by atoms with van der Waals surface area (Å²) in [6.45, 7) is 2.20. The summed E-state index contributed by atoms with van der Waals surface area (Å²) in [4.78, 5) is 4.31. The number of phenols is 2. The van der Waals surface area contributed by atoms with Crippen LogP contribution in [-0.2, 0) is 6.42 Å². The molecule has 0 aliphatic heterocycles. The molecule has 0 aliphatic carbocycles. The van der Waals surface area contributed by atoms with E-state index in [0.717, 1.165) is 24.2 Å². The second-order valence-corrected chi connectivity index (χ2v) is 5.29. The van der Waals surface area contributed by atoms with Crippen LogP contribution in [0.5, 0.6) is 11.5 Å². The lowest BCUT2D eigenvalue weighted by atomic mass is 10.1. The zero-order valence-corrected chi connectivity index (χ0v) is 12.8. The van der Waals surface area contributed by atoms with Crippen LogP contribution >= 0.6 is 0 Å². The molecule has 1 heterocycles. The van der Waals surface area contributed by atoms with E-state index in [1.807, 2.05) is 0 Å². The molecule has 0 aliphatic rings. The average molecular weight is 302 g/mol. The summed E-state index contributed by atoms with van der Waals surface area (Å²) in [6.07, 6.45) is 10.3. The van der Waals surface area contributed by atoms with E-state index in [9.17, 15) is 10.2 Å². The number of phenolic OH excluding ortho intramolecular Hbond substituents is 2. The van der Waals surface area contributed by atoms with E-state index < -0.39 is 0 Å². The number of rotatable bonds is 8. The SMILES string of the molecule is CCCCCCCc1noc(C=Cc2ccc(O)c(O)c2)n1. The van der Waals surface area contributed by atoms with Crippen LogP contribution in [0.1, 0.15) is 56.3 Å². The lowest BCUT2D eigenvalue weighted by Crippen LogP contribution is -1.88. The fourth-order valence-corrected chi connectivity index (χ4v) is 2.14. The molecule has 0 unspecified atom stereocenters. The highest BCUT2D eigenvalue weighted by Gasteiger charge is 2.04. The van der Waals surface area contributed by atoms with Crippen molar-refractivity contribution in [3.8, 4) is 11.5 Å². The number of unbranched alkanes of at least 4 members (excludes halogenated alkanes) is 4. The van der Waals surface area contributed by atoms with E-state index in [1.54, 1.807) is 18.2 Å². The molecule has 5 heteroatoms. The molecule has 2 rings (SSSR count). The third-order valence-corrected chi connectivity index (χ3v) is 3.41. The summed E-state index contributed by atoms with van der Waals surface area (Å²) in [7, 11) is 0. The first-order valence-electron chi connectivity index (χ1n) is 7.71. The van der Waals surface area contributed by atoms with Gasteiger partial charge in [-0.15, -0.1) is 0 Å². The molecule has 0 amide bonds. The number of hydrogen-bond acceptors (Lipinski definition) is 5. The molecule has 1 aromatic carbocycles. The highest BCUT2D eigenvalue weighted by Crippen LogP contribution is 2.25. The Labute approximate surface area is 130 Å². The predicted molar refractivity (Wildman–Crippen MR) is 85.5 cm³/mol. The topological polar surface area (TPSA) is 79.4 Å². The maximum Gasteiger partial charge on any atom is 0.250 e. The van der Waals surface area contributed by atoms with Gasteiger partial charge in [0.1, 0.15) is 0 Å². The largest absolute Gasteiger partial charge is 0.504 e. The van der Waals surface area contributed by atoms with Crippen LogP contribution in [0.2, 0.25) is 0 Å². The Kier molecular flexibility index (Phi) is 6.01. The van der Waals surface area contributed by atoms with Crippen molar-refractivity contribution in [2.45, 2.75) is 45.4 Å². The van der Waals surface area contributed by atoms with E-state index in [1.165, 1.54) is 37.8 Å². The van der Waals surface area contributed by atoms with Gasteiger partial charge in [-0.05, 0) is 30.2 Å². The molecule has 1 aromatic heterocycles. The zero-order valence-electron chi connectivity index (χ0n) is 12.8. The molecular formula is C17H22N2O3. The number of aromatic nitrogens is 2. The molecule has 0 saturated carbocycles. The van der Waals surface area contributed by atoms with Crippen molar-refractivity contribution < 1.29 is 14.7 Å². The van der Waals surface area contributed by atoms with Gasteiger partial charge < -0.3 is 14.7 Å². The Balaban J connectivity index is 1.85. The molecule has 2 N–H and O–H groups in total. The van der Waals surface area contributed by atoms with Crippen molar-refractivity contribution in [3.05, 3.63) is 35.5 Å². The van der Waals surface area contributed by atoms with Gasteiger partial charge in [0.15, 0.2) is 17.3 Å². The van der Waals surface area contributed by atoms with Crippen LogP contribution in [0.25, 0.3) is 12.2 Å². The molecule has 118 valence electrons. The second-order valence-electron chi connectivity index (χ2n) is 5.29. The fourth-order valence-electron chi connectivity index (χ4n) is 2.14. The van der Waals surface area contributed by atoms with E-state index in [4.69, 9.17) is 4.52 Å². The van der Waals surface area contributed by atoms with Gasteiger partial charge in [0.05, 0.1) is 0 Å². The summed E-state index contributed by atoms with van der Waals surface area (Å²) >= 11 is 0. The van der Waals surface area contributed by atoms with Crippen molar-refractivity contribution in [1.82, 2.24) is 10.1 Å². The fraction of sp³-hybridized carbons (Fsp3) is 0.412. The summed E-state index contributed by atoms with van der Waals surface area (Å²) in [5, 5.41) is 22.6. The van der Waals surface area contributed by atoms with Crippen LogP contribution in [0.3, 0.4) is 0 Å². The van der Waals surface area contributed by atoms with E-state index >= 15 is 0 Å². The number of aromatic hydroxyl groups is 2. The van der Waals surface area contributed by atoms with Gasteiger partial charge in [-0.2, -0.15) is 4.98 Å². The molecule has 5 nitrogen and oxygen atoms in total. The van der Waals surface area contributed by atoms with E-state index in [2.05, 4.69) is 17.1 Å². The van der Waals surface area contributed by atoms with Gasteiger partial charge in [-0.25, -0.2) is 0 Å². The van der Waals surface area contributed by atoms with Crippen LogP contribution in [0.4, 0.5) is 0 Å². The maximum atomic E-state index is 9.42. The Bertz CT molecular complexity index is 620. The maximum absolute atomic E-state index is 9.42. The Morgan fingerprint density at radius 3 is 2.64 bits per heavy atom. The quantitative estimate of drug-likeness (QED) is 0.565. The van der Waals surface area contributed by atoms with Gasteiger partial charge in [0.2, 0.25) is 0 Å². The molecule has 2 aromatic rings. The molecule has 0 radical (unpaired) electrons. The van der Waals surface area contributed by atoms with E-state index in [0.29, 0.717) is 5.89 Å². The summed E-state index contributed by atoms with van der Waals surface area (Å²) in [5.41, 5.74) is 0.745. The smallest absolute Gasteiger partial charge is 0.250 e. The van der Waals surface area contributed by atoms with Gasteiger partial charge >= 0.3 is 0 Å². The summed E-state index contributed by atoms with van der Waals surface area (Å²) in [6, 6.07) is 4.60. The minimum absolute atomic E-state index is 0.139. The lowest BCUT2D eigenvalue weighted by molar-refractivity contribution is 0.402. The molecule has 0 fully saturated rings. The monoisotopic (exact) mass is 302 g/mol. The molecule has 22 heavy (non-hydrogen) atoms. The Morgan fingerprint density at radius 2 is 1.86 bits per heavy atom. The van der Waals surface area contributed by atoms with Gasteiger partial charge in [0.25, 0.3) is 5.89 Å². The van der Waals surface area contributed by atoms with Crippen molar-refractivity contribution in [3.63, 3.8) is 0 Å². The van der Waals surface area contributed by atoms with Crippen molar-refractivity contribution in [2.75, 3.05) is 0 Å². The molecule has 0 spiro atoms. The highest BCUT2D eigenvalue weighted by atomic mass is 16.5. The standard InChI is InChI=1S/C17H22N2O3/c1-2-3-4-5-6-7-16-18-17(22-19-16)11-9-13-8-10-14(20)15(21)12-13/h8-12,20-21H,2-7H2,1H3. The summed E-state index contributed by atoms with van der Waals surface area (Å²) in [5.74, 6) is 0.876. The number of benzene rings is 1. The first-order chi connectivity index (χ1) is 10.7. The normalized spacial score (nSPS) is 11.3. The van der Waals surface area contributed by atoms with Gasteiger partial charge in [0, 0.05) is 12.5 Å². The number of nitrogens with zero attached hydrogens (tertiary/aromatic N) is 2. The first kappa shape index (κ1) is 16.1. The van der Waals surface area contributed by atoms with Crippen LogP contribution in [0, 0.1) is 0 Å². The molecule has 0 atom stereocenters.